The van der Waals surface area contributed by atoms with E-state index in [1.54, 1.807) is 31.2 Å². The van der Waals surface area contributed by atoms with Crippen LogP contribution in [0.3, 0.4) is 0 Å². The van der Waals surface area contributed by atoms with Gasteiger partial charge >= 0.3 is 0 Å². The molecule has 1 aromatic rings. The standard InChI is InChI=1S/C19H28N2O4/c1-14(13-21-7-9-24-10-8-21)12-20-19(23)16(3)25-18-6-4-5-17(11-18)15(2)22/h4-6,11,14,16H,7-10,12-13H2,1-3H3,(H,20,23). The fraction of sp³-hybridized carbons (Fsp3) is 0.579. The third-order valence-corrected chi connectivity index (χ3v) is 4.22. The fourth-order valence-corrected chi connectivity index (χ4v) is 2.75. The topological polar surface area (TPSA) is 67.9 Å². The molecule has 0 aliphatic carbocycles. The molecule has 25 heavy (non-hydrogen) atoms. The van der Waals surface area contributed by atoms with Crippen LogP contribution < -0.4 is 10.1 Å². The van der Waals surface area contributed by atoms with Gasteiger partial charge in [-0.1, -0.05) is 19.1 Å². The third-order valence-electron chi connectivity index (χ3n) is 4.22. The Bertz CT molecular complexity index is 585. The molecule has 6 heteroatoms. The van der Waals surface area contributed by atoms with Crippen molar-refractivity contribution in [2.75, 3.05) is 39.4 Å². The van der Waals surface area contributed by atoms with Gasteiger partial charge in [0.2, 0.25) is 0 Å². The van der Waals surface area contributed by atoms with Crippen molar-refractivity contribution in [1.29, 1.82) is 0 Å². The lowest BCUT2D eigenvalue weighted by atomic mass is 10.1. The molecular formula is C19H28N2O4. The summed E-state index contributed by atoms with van der Waals surface area (Å²) in [5.74, 6) is 0.702. The number of morpholine rings is 1. The molecule has 1 heterocycles. The number of rotatable bonds is 8. The summed E-state index contributed by atoms with van der Waals surface area (Å²) in [5, 5.41) is 2.94. The highest BCUT2D eigenvalue weighted by atomic mass is 16.5. The quantitative estimate of drug-likeness (QED) is 0.725. The number of carbonyl (C=O) groups is 2. The second-order valence-corrected chi connectivity index (χ2v) is 6.61. The molecule has 1 N–H and O–H groups in total. The molecule has 0 bridgehead atoms. The van der Waals surface area contributed by atoms with E-state index >= 15 is 0 Å². The Morgan fingerprint density at radius 2 is 2.00 bits per heavy atom. The van der Waals surface area contributed by atoms with Gasteiger partial charge in [-0.25, -0.2) is 0 Å². The molecule has 0 radical (unpaired) electrons. The van der Waals surface area contributed by atoms with Crippen LogP contribution in [-0.2, 0) is 9.53 Å². The van der Waals surface area contributed by atoms with Gasteiger partial charge in [-0.3, -0.25) is 14.5 Å². The third kappa shape index (κ3) is 6.48. The van der Waals surface area contributed by atoms with E-state index in [4.69, 9.17) is 9.47 Å². The summed E-state index contributed by atoms with van der Waals surface area (Å²) in [4.78, 5) is 26.0. The molecule has 1 aromatic carbocycles. The maximum atomic E-state index is 12.2. The molecule has 2 unspecified atom stereocenters. The molecule has 1 fully saturated rings. The summed E-state index contributed by atoms with van der Waals surface area (Å²) in [7, 11) is 0. The SMILES string of the molecule is CC(=O)c1cccc(OC(C)C(=O)NCC(C)CN2CCOCC2)c1. The van der Waals surface area contributed by atoms with E-state index in [2.05, 4.69) is 17.1 Å². The number of Topliss-reactive ketones (excluding diaryl/α,β-unsaturated/α-hetero) is 1. The van der Waals surface area contributed by atoms with E-state index < -0.39 is 6.10 Å². The summed E-state index contributed by atoms with van der Waals surface area (Å²) >= 11 is 0. The second kappa shape index (κ2) is 9.53. The van der Waals surface area contributed by atoms with E-state index in [1.165, 1.54) is 6.92 Å². The van der Waals surface area contributed by atoms with E-state index in [-0.39, 0.29) is 11.7 Å². The molecular weight excluding hydrogens is 320 g/mol. The lowest BCUT2D eigenvalue weighted by Gasteiger charge is -2.29. The first kappa shape index (κ1) is 19.4. The van der Waals surface area contributed by atoms with Crippen LogP contribution in [0, 0.1) is 5.92 Å². The minimum absolute atomic E-state index is 0.0282. The Morgan fingerprint density at radius 3 is 2.68 bits per heavy atom. The lowest BCUT2D eigenvalue weighted by molar-refractivity contribution is -0.127. The molecule has 2 atom stereocenters. The zero-order valence-corrected chi connectivity index (χ0v) is 15.3. The van der Waals surface area contributed by atoms with Crippen molar-refractivity contribution >= 4 is 11.7 Å². The van der Waals surface area contributed by atoms with Crippen LogP contribution in [-0.4, -0.2) is 62.1 Å². The largest absolute Gasteiger partial charge is 0.481 e. The average Bonchev–Trinajstić information content (AvgIpc) is 2.60. The first-order chi connectivity index (χ1) is 12.0. The van der Waals surface area contributed by atoms with Crippen LogP contribution in [0.25, 0.3) is 0 Å². The van der Waals surface area contributed by atoms with Gasteiger partial charge < -0.3 is 14.8 Å². The van der Waals surface area contributed by atoms with Crippen LogP contribution in [0.15, 0.2) is 24.3 Å². The maximum absolute atomic E-state index is 12.2. The molecule has 2 rings (SSSR count). The van der Waals surface area contributed by atoms with Gasteiger partial charge in [0.15, 0.2) is 11.9 Å². The molecule has 1 aliphatic rings. The minimum Gasteiger partial charge on any atom is -0.481 e. The zero-order chi connectivity index (χ0) is 18.2. The predicted molar refractivity (Wildman–Crippen MR) is 96.0 cm³/mol. The van der Waals surface area contributed by atoms with Gasteiger partial charge in [-0.2, -0.15) is 0 Å². The molecule has 138 valence electrons. The number of hydrogen-bond donors (Lipinski definition) is 1. The number of hydrogen-bond acceptors (Lipinski definition) is 5. The van der Waals surface area contributed by atoms with Crippen molar-refractivity contribution in [3.63, 3.8) is 0 Å². The van der Waals surface area contributed by atoms with E-state index in [0.717, 1.165) is 32.8 Å². The Morgan fingerprint density at radius 1 is 1.28 bits per heavy atom. The summed E-state index contributed by atoms with van der Waals surface area (Å²) < 4.78 is 11.0. The van der Waals surface area contributed by atoms with Crippen molar-refractivity contribution in [2.45, 2.75) is 26.9 Å². The first-order valence-corrected chi connectivity index (χ1v) is 8.81. The molecule has 0 saturated carbocycles. The van der Waals surface area contributed by atoms with Gasteiger partial charge in [0, 0.05) is 31.7 Å². The van der Waals surface area contributed by atoms with Crippen molar-refractivity contribution in [3.05, 3.63) is 29.8 Å². The van der Waals surface area contributed by atoms with E-state index in [1.807, 2.05) is 0 Å². The molecule has 6 nitrogen and oxygen atoms in total. The monoisotopic (exact) mass is 348 g/mol. The molecule has 0 spiro atoms. The number of nitrogens with one attached hydrogen (secondary N) is 1. The smallest absolute Gasteiger partial charge is 0.260 e. The number of amides is 1. The lowest BCUT2D eigenvalue weighted by Crippen LogP contribution is -2.43. The van der Waals surface area contributed by atoms with E-state index in [9.17, 15) is 9.59 Å². The Hall–Kier alpha value is -1.92. The summed E-state index contributed by atoms with van der Waals surface area (Å²) in [6.45, 7) is 10.4. The average molecular weight is 348 g/mol. The minimum atomic E-state index is -0.613. The first-order valence-electron chi connectivity index (χ1n) is 8.81. The summed E-state index contributed by atoms with van der Waals surface area (Å²) in [6, 6.07) is 6.89. The number of ether oxygens (including phenoxy) is 2. The van der Waals surface area contributed by atoms with Crippen LogP contribution in [0.1, 0.15) is 31.1 Å². The molecule has 0 aromatic heterocycles. The molecule has 1 aliphatic heterocycles. The Labute approximate surface area is 149 Å². The number of nitrogens with zero attached hydrogens (tertiary/aromatic N) is 1. The number of carbonyl (C=O) groups excluding carboxylic acids is 2. The van der Waals surface area contributed by atoms with E-state index in [0.29, 0.717) is 23.8 Å². The van der Waals surface area contributed by atoms with Gasteiger partial charge in [-0.05, 0) is 31.9 Å². The highest BCUT2D eigenvalue weighted by Gasteiger charge is 2.18. The fourth-order valence-electron chi connectivity index (χ4n) is 2.75. The van der Waals surface area contributed by atoms with Crippen molar-refractivity contribution in [2.24, 2.45) is 5.92 Å². The Kier molecular flexibility index (Phi) is 7.40. The van der Waals surface area contributed by atoms with Crippen molar-refractivity contribution in [3.8, 4) is 5.75 Å². The molecule has 1 amide bonds. The normalized spacial score (nSPS) is 17.6. The highest BCUT2D eigenvalue weighted by Crippen LogP contribution is 2.15. The highest BCUT2D eigenvalue weighted by molar-refractivity contribution is 5.94. The van der Waals surface area contributed by atoms with Gasteiger partial charge in [0.25, 0.3) is 5.91 Å². The van der Waals surface area contributed by atoms with Gasteiger partial charge in [0.1, 0.15) is 5.75 Å². The van der Waals surface area contributed by atoms with Gasteiger partial charge in [0.05, 0.1) is 13.2 Å². The summed E-state index contributed by atoms with van der Waals surface area (Å²) in [5.41, 5.74) is 0.573. The summed E-state index contributed by atoms with van der Waals surface area (Å²) in [6.07, 6.45) is -0.613. The second-order valence-electron chi connectivity index (χ2n) is 6.61. The van der Waals surface area contributed by atoms with Crippen LogP contribution in [0.4, 0.5) is 0 Å². The zero-order valence-electron chi connectivity index (χ0n) is 15.3. The molecule has 1 saturated heterocycles. The predicted octanol–water partition coefficient (Wildman–Crippen LogP) is 1.74. The number of benzene rings is 1. The maximum Gasteiger partial charge on any atom is 0.260 e. The van der Waals surface area contributed by atoms with Crippen LogP contribution in [0.2, 0.25) is 0 Å². The van der Waals surface area contributed by atoms with Crippen molar-refractivity contribution in [1.82, 2.24) is 10.2 Å². The van der Waals surface area contributed by atoms with Crippen molar-refractivity contribution < 1.29 is 19.1 Å². The Balaban J connectivity index is 1.75. The number of ketones is 1. The van der Waals surface area contributed by atoms with Gasteiger partial charge in [-0.15, -0.1) is 0 Å². The van der Waals surface area contributed by atoms with Crippen LogP contribution in [0.5, 0.6) is 5.75 Å². The van der Waals surface area contributed by atoms with Crippen LogP contribution >= 0.6 is 0 Å².